The molecule has 1 N–H and O–H groups in total. The highest BCUT2D eigenvalue weighted by atomic mass is 32.2. The number of sulfonamides is 1. The summed E-state index contributed by atoms with van der Waals surface area (Å²) in [4.78, 5) is 12.3. The van der Waals surface area contributed by atoms with Crippen LogP contribution < -0.4 is 5.32 Å². The van der Waals surface area contributed by atoms with Crippen molar-refractivity contribution in [1.82, 2.24) is 9.62 Å². The second-order valence-electron chi connectivity index (χ2n) is 5.68. The summed E-state index contributed by atoms with van der Waals surface area (Å²) in [6, 6.07) is 6.14. The number of nitrogens with one attached hydrogen (secondary N) is 1. The average molecular weight is 326 g/mol. The number of hydrogen-bond donors (Lipinski definition) is 1. The van der Waals surface area contributed by atoms with Gasteiger partial charge in [0.1, 0.15) is 0 Å². The van der Waals surface area contributed by atoms with Gasteiger partial charge in [0.15, 0.2) is 0 Å². The van der Waals surface area contributed by atoms with Gasteiger partial charge < -0.3 is 5.32 Å². The van der Waals surface area contributed by atoms with Crippen LogP contribution in [0.5, 0.6) is 0 Å². The van der Waals surface area contributed by atoms with E-state index in [9.17, 15) is 13.2 Å². The molecule has 0 aromatic heterocycles. The molecule has 0 unspecified atom stereocenters. The number of carbonyl (C=O) groups excluding carboxylic acids is 1. The molecular weight excluding hydrogens is 300 g/mol. The zero-order valence-electron chi connectivity index (χ0n) is 13.8. The van der Waals surface area contributed by atoms with Crippen LogP contribution in [0, 0.1) is 0 Å². The van der Waals surface area contributed by atoms with Crippen LogP contribution in [0.4, 0.5) is 0 Å². The van der Waals surface area contributed by atoms with Crippen molar-refractivity contribution in [2.75, 3.05) is 14.1 Å². The Morgan fingerprint density at radius 3 is 2.27 bits per heavy atom. The molecule has 124 valence electrons. The Bertz CT molecular complexity index is 580. The fraction of sp³-hybridized carbons (Fsp3) is 0.562. The van der Waals surface area contributed by atoms with Gasteiger partial charge in [-0.15, -0.1) is 0 Å². The highest BCUT2D eigenvalue weighted by Crippen LogP contribution is 2.14. The predicted molar refractivity (Wildman–Crippen MR) is 88.4 cm³/mol. The van der Waals surface area contributed by atoms with E-state index in [1.54, 1.807) is 12.1 Å². The molecular formula is C16H26N2O3S. The first kappa shape index (κ1) is 18.6. The molecule has 1 amide bonds. The van der Waals surface area contributed by atoms with Crippen LogP contribution in [-0.4, -0.2) is 38.8 Å². The first-order valence-electron chi connectivity index (χ1n) is 7.62. The van der Waals surface area contributed by atoms with Gasteiger partial charge in [-0.05, 0) is 37.6 Å². The summed E-state index contributed by atoms with van der Waals surface area (Å²) in [6.45, 7) is 4.13. The van der Waals surface area contributed by atoms with Crippen molar-refractivity contribution < 1.29 is 13.2 Å². The maximum absolute atomic E-state index is 12.1. The third-order valence-electron chi connectivity index (χ3n) is 3.51. The minimum absolute atomic E-state index is 0.115. The molecule has 1 aromatic rings. The summed E-state index contributed by atoms with van der Waals surface area (Å²) in [6.07, 6.45) is 4.37. The molecule has 0 spiro atoms. The molecule has 0 aliphatic rings. The monoisotopic (exact) mass is 326 g/mol. The maximum Gasteiger partial charge on any atom is 0.251 e. The van der Waals surface area contributed by atoms with Crippen molar-refractivity contribution >= 4 is 15.9 Å². The van der Waals surface area contributed by atoms with E-state index in [-0.39, 0.29) is 16.8 Å². The average Bonchev–Trinajstić information content (AvgIpc) is 2.47. The van der Waals surface area contributed by atoms with Crippen molar-refractivity contribution in [3.8, 4) is 0 Å². The summed E-state index contributed by atoms with van der Waals surface area (Å²) < 4.78 is 25.1. The van der Waals surface area contributed by atoms with E-state index < -0.39 is 10.0 Å². The summed E-state index contributed by atoms with van der Waals surface area (Å²) in [5.41, 5.74) is 0.472. The molecule has 22 heavy (non-hydrogen) atoms. The number of rotatable bonds is 8. The van der Waals surface area contributed by atoms with Crippen LogP contribution in [-0.2, 0) is 10.0 Å². The third kappa shape index (κ3) is 5.10. The Hall–Kier alpha value is -1.40. The number of nitrogens with zero attached hydrogens (tertiary/aromatic N) is 1. The lowest BCUT2D eigenvalue weighted by Gasteiger charge is -2.14. The first-order chi connectivity index (χ1) is 10.3. The summed E-state index contributed by atoms with van der Waals surface area (Å²) in [7, 11) is -0.496. The summed E-state index contributed by atoms with van der Waals surface area (Å²) in [5, 5.41) is 2.94. The van der Waals surface area contributed by atoms with Crippen LogP contribution in [0.1, 0.15) is 49.9 Å². The Labute approximate surface area is 133 Å². The lowest BCUT2D eigenvalue weighted by Crippen LogP contribution is -2.32. The molecule has 1 aromatic carbocycles. The third-order valence-corrected chi connectivity index (χ3v) is 5.34. The smallest absolute Gasteiger partial charge is 0.251 e. The zero-order chi connectivity index (χ0) is 16.8. The molecule has 0 heterocycles. The van der Waals surface area contributed by atoms with Gasteiger partial charge in [0.25, 0.3) is 5.91 Å². The number of hydrogen-bond acceptors (Lipinski definition) is 3. The Morgan fingerprint density at radius 1 is 1.18 bits per heavy atom. The number of benzene rings is 1. The minimum atomic E-state index is -3.46. The molecule has 0 aliphatic heterocycles. The van der Waals surface area contributed by atoms with E-state index >= 15 is 0 Å². The van der Waals surface area contributed by atoms with Gasteiger partial charge in [-0.25, -0.2) is 12.7 Å². The second kappa shape index (κ2) is 8.29. The van der Waals surface area contributed by atoms with Crippen LogP contribution in [0.3, 0.4) is 0 Å². The fourth-order valence-corrected chi connectivity index (χ4v) is 2.97. The lowest BCUT2D eigenvalue weighted by atomic mass is 10.1. The topological polar surface area (TPSA) is 66.5 Å². The van der Waals surface area contributed by atoms with Gasteiger partial charge in [-0.2, -0.15) is 0 Å². The standard InChI is InChI=1S/C16H26N2O3S/c1-5-6-7-8-13(2)17-16(19)14-9-11-15(12-10-14)22(20,21)18(3)4/h9-13H,5-8H2,1-4H3,(H,17,19)/t13-/m1/s1. The van der Waals surface area contributed by atoms with E-state index in [0.717, 1.165) is 30.0 Å². The van der Waals surface area contributed by atoms with E-state index in [1.807, 2.05) is 6.92 Å². The van der Waals surface area contributed by atoms with E-state index in [1.165, 1.54) is 26.2 Å². The molecule has 6 heteroatoms. The van der Waals surface area contributed by atoms with Crippen molar-refractivity contribution in [2.45, 2.75) is 50.5 Å². The Balaban J connectivity index is 2.69. The Kier molecular flexibility index (Phi) is 7.03. The van der Waals surface area contributed by atoms with Gasteiger partial charge in [0.2, 0.25) is 10.0 Å². The summed E-state index contributed by atoms with van der Waals surface area (Å²) >= 11 is 0. The predicted octanol–water partition coefficient (Wildman–Crippen LogP) is 2.64. The molecule has 0 bridgehead atoms. The highest BCUT2D eigenvalue weighted by molar-refractivity contribution is 7.89. The van der Waals surface area contributed by atoms with Crippen LogP contribution in [0.25, 0.3) is 0 Å². The van der Waals surface area contributed by atoms with E-state index in [4.69, 9.17) is 0 Å². The molecule has 5 nitrogen and oxygen atoms in total. The zero-order valence-corrected chi connectivity index (χ0v) is 14.6. The normalized spacial score (nSPS) is 13.1. The molecule has 0 saturated carbocycles. The Morgan fingerprint density at radius 2 is 1.77 bits per heavy atom. The minimum Gasteiger partial charge on any atom is -0.350 e. The molecule has 1 rings (SSSR count). The van der Waals surface area contributed by atoms with Gasteiger partial charge in [-0.1, -0.05) is 26.2 Å². The van der Waals surface area contributed by atoms with E-state index in [0.29, 0.717) is 5.56 Å². The lowest BCUT2D eigenvalue weighted by molar-refractivity contribution is 0.0938. The first-order valence-corrected chi connectivity index (χ1v) is 9.06. The molecule has 0 saturated heterocycles. The number of amides is 1. The molecule has 0 aliphatic carbocycles. The quantitative estimate of drug-likeness (QED) is 0.747. The van der Waals surface area contributed by atoms with Crippen molar-refractivity contribution in [3.63, 3.8) is 0 Å². The number of unbranched alkanes of at least 4 members (excludes halogenated alkanes) is 2. The van der Waals surface area contributed by atoms with Gasteiger partial charge in [0.05, 0.1) is 4.90 Å². The highest BCUT2D eigenvalue weighted by Gasteiger charge is 2.17. The fourth-order valence-electron chi connectivity index (χ4n) is 2.07. The van der Waals surface area contributed by atoms with Crippen molar-refractivity contribution in [1.29, 1.82) is 0 Å². The summed E-state index contributed by atoms with van der Waals surface area (Å²) in [5.74, 6) is -0.169. The van der Waals surface area contributed by atoms with Crippen LogP contribution in [0.15, 0.2) is 29.2 Å². The van der Waals surface area contributed by atoms with Gasteiger partial charge in [0, 0.05) is 25.7 Å². The molecule has 1 atom stereocenters. The largest absolute Gasteiger partial charge is 0.350 e. The second-order valence-corrected chi connectivity index (χ2v) is 7.83. The van der Waals surface area contributed by atoms with Gasteiger partial charge >= 0.3 is 0 Å². The van der Waals surface area contributed by atoms with Gasteiger partial charge in [-0.3, -0.25) is 4.79 Å². The maximum atomic E-state index is 12.1. The SMILES string of the molecule is CCCCC[C@@H](C)NC(=O)c1ccc(S(=O)(=O)N(C)C)cc1. The van der Waals surface area contributed by atoms with Crippen molar-refractivity contribution in [2.24, 2.45) is 0 Å². The molecule has 0 radical (unpaired) electrons. The van der Waals surface area contributed by atoms with Crippen molar-refractivity contribution in [3.05, 3.63) is 29.8 Å². The molecule has 0 fully saturated rings. The van der Waals surface area contributed by atoms with Crippen LogP contribution in [0.2, 0.25) is 0 Å². The number of carbonyl (C=O) groups is 1. The van der Waals surface area contributed by atoms with Crippen LogP contribution >= 0.6 is 0 Å². The van der Waals surface area contributed by atoms with E-state index in [2.05, 4.69) is 12.2 Å².